The molecule has 1 aromatic carbocycles. The summed E-state index contributed by atoms with van der Waals surface area (Å²) in [6, 6.07) is 10.9. The summed E-state index contributed by atoms with van der Waals surface area (Å²) in [5.74, 6) is -0.447. The van der Waals surface area contributed by atoms with Crippen molar-refractivity contribution in [3.63, 3.8) is 0 Å². The summed E-state index contributed by atoms with van der Waals surface area (Å²) in [6.07, 6.45) is 3.72. The van der Waals surface area contributed by atoms with Crippen molar-refractivity contribution in [3.8, 4) is 6.07 Å². The lowest BCUT2D eigenvalue weighted by molar-refractivity contribution is -0.123. The van der Waals surface area contributed by atoms with Crippen molar-refractivity contribution in [3.05, 3.63) is 42.7 Å². The Labute approximate surface area is 151 Å². The number of hydrogen-bond donors (Lipinski definition) is 2. The zero-order valence-corrected chi connectivity index (χ0v) is 14.5. The zero-order valence-electron chi connectivity index (χ0n) is 14.5. The van der Waals surface area contributed by atoms with Gasteiger partial charge < -0.3 is 10.1 Å². The van der Waals surface area contributed by atoms with Crippen LogP contribution in [0, 0.1) is 11.3 Å². The van der Waals surface area contributed by atoms with Crippen LogP contribution in [0.4, 0.5) is 16.2 Å². The number of nitriles is 1. The summed E-state index contributed by atoms with van der Waals surface area (Å²) < 4.78 is 6.76. The first-order valence-electron chi connectivity index (χ1n) is 8.31. The second-order valence-corrected chi connectivity index (χ2v) is 5.64. The van der Waals surface area contributed by atoms with Gasteiger partial charge >= 0.3 is 6.09 Å². The number of ether oxygens (including phenoxy) is 1. The fraction of sp³-hybridized carbons (Fsp3) is 0.333. The van der Waals surface area contributed by atoms with Gasteiger partial charge in [-0.15, -0.1) is 0 Å². The van der Waals surface area contributed by atoms with Gasteiger partial charge in [-0.2, -0.15) is 10.4 Å². The molecule has 2 rings (SSSR count). The van der Waals surface area contributed by atoms with Gasteiger partial charge in [-0.25, -0.2) is 4.79 Å². The lowest BCUT2D eigenvalue weighted by Gasteiger charge is -2.13. The Morgan fingerprint density at radius 2 is 2.00 bits per heavy atom. The van der Waals surface area contributed by atoms with E-state index in [1.165, 1.54) is 13.1 Å². The van der Waals surface area contributed by atoms with Crippen molar-refractivity contribution < 1.29 is 14.3 Å². The molecule has 0 fully saturated rings. The summed E-state index contributed by atoms with van der Waals surface area (Å²) in [6.45, 7) is 2.16. The Hall–Kier alpha value is -3.34. The standard InChI is InChI=1S/C18H21N5O3/c1-14(26-18(25)22-15-8-4-2-5-9-15)17(24)21-16-12-20-23(13-16)11-7-3-6-10-19/h2,4-5,8-9,12-14H,3,6-7,11H2,1H3,(H,21,24)(H,22,25). The van der Waals surface area contributed by atoms with E-state index in [-0.39, 0.29) is 0 Å². The van der Waals surface area contributed by atoms with Gasteiger partial charge in [0, 0.05) is 24.8 Å². The monoisotopic (exact) mass is 355 g/mol. The number of carbonyl (C=O) groups is 2. The van der Waals surface area contributed by atoms with Crippen LogP contribution < -0.4 is 10.6 Å². The van der Waals surface area contributed by atoms with Gasteiger partial charge in [-0.1, -0.05) is 18.2 Å². The van der Waals surface area contributed by atoms with E-state index in [4.69, 9.17) is 10.00 Å². The number of para-hydroxylation sites is 1. The quantitative estimate of drug-likeness (QED) is 0.707. The Kier molecular flexibility index (Phi) is 7.18. The number of aryl methyl sites for hydroxylation is 1. The molecule has 0 aliphatic rings. The molecule has 0 spiro atoms. The van der Waals surface area contributed by atoms with E-state index in [9.17, 15) is 9.59 Å². The number of unbranched alkanes of at least 4 members (excludes halogenated alkanes) is 2. The molecule has 8 nitrogen and oxygen atoms in total. The lowest BCUT2D eigenvalue weighted by Crippen LogP contribution is -2.31. The molecule has 1 unspecified atom stereocenters. The van der Waals surface area contributed by atoms with E-state index < -0.39 is 18.1 Å². The summed E-state index contributed by atoms with van der Waals surface area (Å²) in [7, 11) is 0. The molecule has 0 aliphatic carbocycles. The van der Waals surface area contributed by atoms with Crippen LogP contribution in [-0.2, 0) is 16.1 Å². The first-order valence-corrected chi connectivity index (χ1v) is 8.31. The third-order valence-corrected chi connectivity index (χ3v) is 3.50. The van der Waals surface area contributed by atoms with Gasteiger partial charge in [0.05, 0.1) is 18.0 Å². The van der Waals surface area contributed by atoms with E-state index in [1.54, 1.807) is 35.1 Å². The number of amides is 2. The zero-order chi connectivity index (χ0) is 18.8. The predicted molar refractivity (Wildman–Crippen MR) is 96.3 cm³/mol. The minimum absolute atomic E-state index is 0.447. The molecular weight excluding hydrogens is 334 g/mol. The highest BCUT2D eigenvalue weighted by Crippen LogP contribution is 2.09. The average molecular weight is 355 g/mol. The molecule has 0 aliphatic heterocycles. The van der Waals surface area contributed by atoms with Gasteiger partial charge in [0.1, 0.15) is 0 Å². The Bertz CT molecular complexity index is 767. The Morgan fingerprint density at radius 1 is 1.23 bits per heavy atom. The highest BCUT2D eigenvalue weighted by Gasteiger charge is 2.18. The highest BCUT2D eigenvalue weighted by molar-refractivity contribution is 5.95. The molecule has 136 valence electrons. The van der Waals surface area contributed by atoms with Crippen molar-refractivity contribution in [2.24, 2.45) is 0 Å². The van der Waals surface area contributed by atoms with Crippen LogP contribution >= 0.6 is 0 Å². The van der Waals surface area contributed by atoms with Crippen LogP contribution in [0.1, 0.15) is 26.2 Å². The van der Waals surface area contributed by atoms with Crippen molar-refractivity contribution in [2.75, 3.05) is 10.6 Å². The Morgan fingerprint density at radius 3 is 2.73 bits per heavy atom. The maximum atomic E-state index is 12.1. The van der Waals surface area contributed by atoms with Crippen LogP contribution in [-0.4, -0.2) is 27.9 Å². The Balaban J connectivity index is 1.77. The van der Waals surface area contributed by atoms with Gasteiger partial charge in [-0.3, -0.25) is 14.8 Å². The molecule has 2 amide bonds. The third kappa shape index (κ3) is 6.28. The number of aromatic nitrogens is 2. The number of nitrogens with zero attached hydrogens (tertiary/aromatic N) is 3. The average Bonchev–Trinajstić information content (AvgIpc) is 3.06. The number of hydrogen-bond acceptors (Lipinski definition) is 5. The molecule has 0 bridgehead atoms. The molecule has 0 radical (unpaired) electrons. The van der Waals surface area contributed by atoms with Crippen LogP contribution in [0.25, 0.3) is 0 Å². The van der Waals surface area contributed by atoms with Gasteiger partial charge in [0.25, 0.3) is 5.91 Å². The minimum atomic E-state index is -0.960. The highest BCUT2D eigenvalue weighted by atomic mass is 16.6. The second-order valence-electron chi connectivity index (χ2n) is 5.64. The van der Waals surface area contributed by atoms with E-state index >= 15 is 0 Å². The minimum Gasteiger partial charge on any atom is -0.436 e. The van der Waals surface area contributed by atoms with Crippen molar-refractivity contribution in [1.29, 1.82) is 5.26 Å². The predicted octanol–water partition coefficient (Wildman–Crippen LogP) is 3.15. The van der Waals surface area contributed by atoms with Crippen LogP contribution in [0.15, 0.2) is 42.7 Å². The summed E-state index contributed by atoms with van der Waals surface area (Å²) in [5.41, 5.74) is 1.11. The summed E-state index contributed by atoms with van der Waals surface area (Å²) >= 11 is 0. The normalized spacial score (nSPS) is 11.2. The van der Waals surface area contributed by atoms with Gasteiger partial charge in [-0.05, 0) is 31.9 Å². The smallest absolute Gasteiger partial charge is 0.412 e. The molecule has 26 heavy (non-hydrogen) atoms. The first-order chi connectivity index (χ1) is 12.6. The number of anilines is 2. The molecule has 1 atom stereocenters. The summed E-state index contributed by atoms with van der Waals surface area (Å²) in [5, 5.41) is 17.8. The molecule has 0 saturated heterocycles. The molecule has 8 heteroatoms. The molecule has 2 N–H and O–H groups in total. The molecule has 1 aromatic heterocycles. The maximum Gasteiger partial charge on any atom is 0.412 e. The van der Waals surface area contributed by atoms with Crippen molar-refractivity contribution >= 4 is 23.4 Å². The van der Waals surface area contributed by atoms with Crippen molar-refractivity contribution in [2.45, 2.75) is 38.8 Å². The molecule has 1 heterocycles. The number of benzene rings is 1. The van der Waals surface area contributed by atoms with E-state index in [2.05, 4.69) is 21.8 Å². The van der Waals surface area contributed by atoms with Crippen LogP contribution in [0.5, 0.6) is 0 Å². The number of rotatable bonds is 8. The first kappa shape index (κ1) is 19.0. The van der Waals surface area contributed by atoms with E-state index in [1.807, 2.05) is 6.07 Å². The molecule has 0 saturated carbocycles. The van der Waals surface area contributed by atoms with Gasteiger partial charge in [0.15, 0.2) is 6.10 Å². The second kappa shape index (κ2) is 9.84. The fourth-order valence-corrected chi connectivity index (χ4v) is 2.16. The number of carbonyl (C=O) groups excluding carboxylic acids is 2. The van der Waals surface area contributed by atoms with Crippen LogP contribution in [0.2, 0.25) is 0 Å². The fourth-order valence-electron chi connectivity index (χ4n) is 2.16. The largest absolute Gasteiger partial charge is 0.436 e. The van der Waals surface area contributed by atoms with Gasteiger partial charge in [0.2, 0.25) is 0 Å². The third-order valence-electron chi connectivity index (χ3n) is 3.50. The SMILES string of the molecule is CC(OC(=O)Nc1ccccc1)C(=O)Nc1cnn(CCCCC#N)c1. The molecule has 2 aromatic rings. The van der Waals surface area contributed by atoms with Crippen LogP contribution in [0.3, 0.4) is 0 Å². The maximum absolute atomic E-state index is 12.1. The summed E-state index contributed by atoms with van der Waals surface area (Å²) in [4.78, 5) is 23.9. The number of nitrogens with one attached hydrogen (secondary N) is 2. The van der Waals surface area contributed by atoms with Crippen molar-refractivity contribution in [1.82, 2.24) is 9.78 Å². The van der Waals surface area contributed by atoms with E-state index in [0.29, 0.717) is 24.3 Å². The molecular formula is C18H21N5O3. The lowest BCUT2D eigenvalue weighted by atomic mass is 10.2. The topological polar surface area (TPSA) is 109 Å². The van der Waals surface area contributed by atoms with E-state index in [0.717, 1.165) is 12.8 Å².